The standard InChI is InChI=1S/C27H26BSi/c1-21-19-22(2)27(23(3)20-21)28-29(24-13-7-4-8-14-24,25-15-9-5-10-16-25)26-17-11-6-12-18-26/h4-20H,1-3H3. The van der Waals surface area contributed by atoms with Gasteiger partial charge >= 0.3 is 0 Å². The second kappa shape index (κ2) is 8.26. The van der Waals surface area contributed by atoms with E-state index in [1.807, 2.05) is 0 Å². The minimum atomic E-state index is -2.37. The first-order valence-corrected chi connectivity index (χ1v) is 12.3. The summed E-state index contributed by atoms with van der Waals surface area (Å²) in [7, 11) is -2.37. The summed E-state index contributed by atoms with van der Waals surface area (Å²) < 4.78 is 0. The van der Waals surface area contributed by atoms with Crippen LogP contribution in [0.25, 0.3) is 0 Å². The highest BCUT2D eigenvalue weighted by atomic mass is 28.3. The van der Waals surface area contributed by atoms with E-state index < -0.39 is 7.94 Å². The van der Waals surface area contributed by atoms with E-state index in [9.17, 15) is 0 Å². The summed E-state index contributed by atoms with van der Waals surface area (Å²) in [6, 6.07) is 37.8. The Morgan fingerprint density at radius 2 is 0.862 bits per heavy atom. The fourth-order valence-electron chi connectivity index (χ4n) is 4.49. The molecule has 0 unspecified atom stereocenters. The Balaban J connectivity index is 2.04. The number of hydrogen-bond acceptors (Lipinski definition) is 0. The van der Waals surface area contributed by atoms with Gasteiger partial charge in [0, 0.05) is 0 Å². The zero-order valence-electron chi connectivity index (χ0n) is 17.4. The molecule has 0 aliphatic rings. The number of hydrogen-bond donors (Lipinski definition) is 0. The molecular weight excluding hydrogens is 363 g/mol. The second-order valence-electron chi connectivity index (χ2n) is 7.86. The van der Waals surface area contributed by atoms with Crippen LogP contribution in [0.2, 0.25) is 0 Å². The molecule has 0 aliphatic heterocycles. The van der Waals surface area contributed by atoms with Crippen LogP contribution in [0.1, 0.15) is 16.7 Å². The van der Waals surface area contributed by atoms with Gasteiger partial charge in [0.1, 0.15) is 7.94 Å². The molecule has 0 heterocycles. The molecule has 0 saturated heterocycles. The zero-order valence-corrected chi connectivity index (χ0v) is 18.4. The van der Waals surface area contributed by atoms with E-state index in [0.29, 0.717) is 0 Å². The highest BCUT2D eigenvalue weighted by Crippen LogP contribution is 2.11. The highest BCUT2D eigenvalue weighted by molar-refractivity contribution is 7.46. The molecule has 1 radical (unpaired) electrons. The average Bonchev–Trinajstić information content (AvgIpc) is 2.75. The lowest BCUT2D eigenvalue weighted by atomic mass is 9.84. The molecule has 4 rings (SSSR count). The quantitative estimate of drug-likeness (QED) is 0.361. The number of benzene rings is 4. The van der Waals surface area contributed by atoms with E-state index in [-0.39, 0.29) is 0 Å². The van der Waals surface area contributed by atoms with Crippen molar-refractivity contribution in [2.45, 2.75) is 20.8 Å². The molecule has 0 spiro atoms. The molecule has 4 aromatic rings. The lowest BCUT2D eigenvalue weighted by Gasteiger charge is -2.34. The fraction of sp³-hybridized carbons (Fsp3) is 0.111. The van der Waals surface area contributed by atoms with Crippen molar-refractivity contribution in [1.82, 2.24) is 0 Å². The third-order valence-corrected chi connectivity index (χ3v) is 10.2. The van der Waals surface area contributed by atoms with Crippen LogP contribution in [-0.4, -0.2) is 14.8 Å². The fourth-order valence-corrected chi connectivity index (χ4v) is 9.03. The predicted octanol–water partition coefficient (Wildman–Crippen LogP) is 3.61. The van der Waals surface area contributed by atoms with E-state index in [2.05, 4.69) is 131 Å². The van der Waals surface area contributed by atoms with Crippen molar-refractivity contribution < 1.29 is 0 Å². The summed E-state index contributed by atoms with van der Waals surface area (Å²) in [5.41, 5.74) is 5.40. The maximum atomic E-state index is 2.61. The molecule has 0 nitrogen and oxygen atoms in total. The number of aryl methyl sites for hydroxylation is 3. The zero-order chi connectivity index (χ0) is 20.3. The van der Waals surface area contributed by atoms with Gasteiger partial charge in [-0.2, -0.15) is 0 Å². The summed E-state index contributed by atoms with van der Waals surface area (Å²) in [6.45, 7) is 9.27. The van der Waals surface area contributed by atoms with Crippen molar-refractivity contribution in [2.75, 3.05) is 0 Å². The molecule has 141 valence electrons. The van der Waals surface area contributed by atoms with Gasteiger partial charge in [0.15, 0.2) is 6.87 Å². The SMILES string of the molecule is Cc1cc(C)c([B][Si](c2ccccc2)(c2ccccc2)c2ccccc2)c(C)c1. The van der Waals surface area contributed by atoms with Crippen molar-refractivity contribution in [2.24, 2.45) is 0 Å². The second-order valence-corrected chi connectivity index (χ2v) is 11.5. The van der Waals surface area contributed by atoms with Gasteiger partial charge in [-0.05, 0) is 20.8 Å². The van der Waals surface area contributed by atoms with Gasteiger partial charge in [-0.3, -0.25) is 0 Å². The van der Waals surface area contributed by atoms with Crippen LogP contribution in [0.15, 0.2) is 103 Å². The normalized spacial score (nSPS) is 11.3. The van der Waals surface area contributed by atoms with Gasteiger partial charge in [-0.1, -0.05) is 141 Å². The first-order valence-electron chi connectivity index (χ1n) is 10.2. The summed E-state index contributed by atoms with van der Waals surface area (Å²) >= 11 is 0. The largest absolute Gasteiger partial charge is 0.162 e. The van der Waals surface area contributed by atoms with Crippen molar-refractivity contribution in [1.29, 1.82) is 0 Å². The van der Waals surface area contributed by atoms with Crippen LogP contribution in [0, 0.1) is 20.8 Å². The Kier molecular flexibility index (Phi) is 5.55. The monoisotopic (exact) mass is 389 g/mol. The van der Waals surface area contributed by atoms with Crippen LogP contribution in [0.5, 0.6) is 0 Å². The summed E-state index contributed by atoms with van der Waals surface area (Å²) in [5.74, 6) is 0. The Morgan fingerprint density at radius 3 is 1.21 bits per heavy atom. The molecule has 0 aromatic heterocycles. The first-order chi connectivity index (χ1) is 14.1. The van der Waals surface area contributed by atoms with Crippen LogP contribution in [0.4, 0.5) is 0 Å². The van der Waals surface area contributed by atoms with E-state index in [1.165, 1.54) is 37.7 Å². The van der Waals surface area contributed by atoms with Crippen LogP contribution >= 0.6 is 0 Å². The molecule has 0 saturated carbocycles. The van der Waals surface area contributed by atoms with Gasteiger partial charge in [0.05, 0.1) is 0 Å². The lowest BCUT2D eigenvalue weighted by Crippen LogP contribution is -2.74. The van der Waals surface area contributed by atoms with Gasteiger partial charge < -0.3 is 0 Å². The Hall–Kier alpha value is -2.84. The number of rotatable bonds is 5. The molecule has 4 aromatic carbocycles. The van der Waals surface area contributed by atoms with Crippen LogP contribution < -0.4 is 21.0 Å². The summed E-state index contributed by atoms with van der Waals surface area (Å²) in [5, 5.41) is 4.24. The van der Waals surface area contributed by atoms with Crippen molar-refractivity contribution in [3.63, 3.8) is 0 Å². The summed E-state index contributed by atoms with van der Waals surface area (Å²) in [4.78, 5) is 0. The van der Waals surface area contributed by atoms with Gasteiger partial charge in [0.25, 0.3) is 0 Å². The third kappa shape index (κ3) is 3.73. The maximum absolute atomic E-state index is 2.61. The minimum Gasteiger partial charge on any atom is -0.0836 e. The Bertz CT molecular complexity index is 970. The Morgan fingerprint density at radius 1 is 0.517 bits per heavy atom. The van der Waals surface area contributed by atoms with Crippen LogP contribution in [-0.2, 0) is 0 Å². The van der Waals surface area contributed by atoms with Gasteiger partial charge in [0.2, 0.25) is 0 Å². The average molecular weight is 389 g/mol. The molecule has 0 fully saturated rings. The highest BCUT2D eigenvalue weighted by Gasteiger charge is 2.40. The summed E-state index contributed by atoms with van der Waals surface area (Å²) in [6.07, 6.45) is 0. The van der Waals surface area contributed by atoms with Crippen molar-refractivity contribution in [3.05, 3.63) is 120 Å². The maximum Gasteiger partial charge on any atom is 0.162 e. The smallest absolute Gasteiger partial charge is 0.0836 e. The van der Waals surface area contributed by atoms with E-state index in [1.54, 1.807) is 0 Å². The molecule has 2 heteroatoms. The Labute approximate surface area is 176 Å². The molecular formula is C27H26BSi. The first kappa shape index (κ1) is 19.5. The molecule has 29 heavy (non-hydrogen) atoms. The van der Waals surface area contributed by atoms with E-state index >= 15 is 0 Å². The van der Waals surface area contributed by atoms with Gasteiger partial charge in [-0.15, -0.1) is 0 Å². The third-order valence-electron chi connectivity index (χ3n) is 5.79. The molecule has 0 bridgehead atoms. The molecule has 0 amide bonds. The van der Waals surface area contributed by atoms with Gasteiger partial charge in [-0.25, -0.2) is 0 Å². The molecule has 0 N–H and O–H groups in total. The predicted molar refractivity (Wildman–Crippen MR) is 130 cm³/mol. The molecule has 0 aliphatic carbocycles. The van der Waals surface area contributed by atoms with Crippen LogP contribution in [0.3, 0.4) is 0 Å². The van der Waals surface area contributed by atoms with Crippen molar-refractivity contribution >= 4 is 35.8 Å². The van der Waals surface area contributed by atoms with E-state index in [4.69, 9.17) is 0 Å². The molecule has 0 atom stereocenters. The van der Waals surface area contributed by atoms with E-state index in [0.717, 1.165) is 0 Å². The lowest BCUT2D eigenvalue weighted by molar-refractivity contribution is 1.35. The minimum absolute atomic E-state index is 1.32. The van der Waals surface area contributed by atoms with Crippen molar-refractivity contribution in [3.8, 4) is 0 Å². The topological polar surface area (TPSA) is 0 Å².